The quantitative estimate of drug-likeness (QED) is 0.784. The summed E-state index contributed by atoms with van der Waals surface area (Å²) in [7, 11) is 0. The number of fused-ring (bicyclic) bond motifs is 1. The molecule has 112 valence electrons. The van der Waals surface area contributed by atoms with E-state index in [4.69, 9.17) is 4.42 Å². The summed E-state index contributed by atoms with van der Waals surface area (Å²) in [4.78, 5) is 8.92. The molecule has 1 saturated carbocycles. The number of benzene rings is 1. The van der Waals surface area contributed by atoms with Crippen molar-refractivity contribution in [2.75, 3.05) is 5.32 Å². The van der Waals surface area contributed by atoms with E-state index in [1.165, 1.54) is 31.2 Å². The highest BCUT2D eigenvalue weighted by Gasteiger charge is 2.16. The van der Waals surface area contributed by atoms with E-state index in [0.717, 1.165) is 17.6 Å². The zero-order chi connectivity index (χ0) is 14.8. The van der Waals surface area contributed by atoms with Crippen molar-refractivity contribution in [3.8, 4) is 0 Å². The Bertz CT molecular complexity index is 760. The van der Waals surface area contributed by atoms with Gasteiger partial charge in [0.15, 0.2) is 0 Å². The first-order valence-electron chi connectivity index (χ1n) is 7.93. The van der Waals surface area contributed by atoms with Crippen LogP contribution in [0.4, 0.5) is 5.95 Å². The van der Waals surface area contributed by atoms with Gasteiger partial charge in [0.05, 0.1) is 5.39 Å². The lowest BCUT2D eigenvalue weighted by Gasteiger charge is -2.10. The summed E-state index contributed by atoms with van der Waals surface area (Å²) in [5, 5.41) is 4.37. The second kappa shape index (κ2) is 5.79. The van der Waals surface area contributed by atoms with Crippen LogP contribution in [-0.4, -0.2) is 16.0 Å². The van der Waals surface area contributed by atoms with Crippen LogP contribution in [-0.2, 0) is 6.42 Å². The average Bonchev–Trinajstić information content (AvgIpc) is 3.17. The molecule has 2 heterocycles. The summed E-state index contributed by atoms with van der Waals surface area (Å²) in [6, 6.07) is 12.9. The van der Waals surface area contributed by atoms with Gasteiger partial charge in [-0.3, -0.25) is 0 Å². The van der Waals surface area contributed by atoms with E-state index in [0.29, 0.717) is 17.7 Å². The number of nitrogens with one attached hydrogen (secondary N) is 1. The molecule has 4 heteroatoms. The van der Waals surface area contributed by atoms with Crippen molar-refractivity contribution in [1.29, 1.82) is 0 Å². The van der Waals surface area contributed by atoms with E-state index in [2.05, 4.69) is 27.4 Å². The first kappa shape index (κ1) is 13.3. The average molecular weight is 293 g/mol. The zero-order valence-corrected chi connectivity index (χ0v) is 12.5. The van der Waals surface area contributed by atoms with E-state index in [1.54, 1.807) is 0 Å². The van der Waals surface area contributed by atoms with E-state index in [-0.39, 0.29) is 0 Å². The van der Waals surface area contributed by atoms with Gasteiger partial charge < -0.3 is 9.73 Å². The molecular formula is C18H19N3O. The molecule has 1 aliphatic rings. The summed E-state index contributed by atoms with van der Waals surface area (Å²) in [6.45, 7) is 0. The van der Waals surface area contributed by atoms with Gasteiger partial charge in [-0.1, -0.05) is 43.2 Å². The summed E-state index contributed by atoms with van der Waals surface area (Å²) < 4.78 is 5.89. The Labute approximate surface area is 129 Å². The standard InChI is InChI=1S/C18H19N3O/c1-2-6-13(7-3-1)10-16-11-14-12-19-18(21-17(14)22-16)20-15-8-4-5-9-15/h1-3,6-7,11-12,15H,4-5,8-10H2,(H,19,20,21). The Balaban J connectivity index is 1.55. The second-order valence-corrected chi connectivity index (χ2v) is 5.95. The molecule has 0 radical (unpaired) electrons. The molecule has 2 aromatic heterocycles. The van der Waals surface area contributed by atoms with Crippen LogP contribution < -0.4 is 5.32 Å². The molecule has 0 bridgehead atoms. The molecule has 1 N–H and O–H groups in total. The summed E-state index contributed by atoms with van der Waals surface area (Å²) in [6.07, 6.45) is 7.63. The molecule has 0 saturated heterocycles. The minimum atomic E-state index is 0.510. The van der Waals surface area contributed by atoms with Crippen LogP contribution in [0.1, 0.15) is 37.0 Å². The minimum Gasteiger partial charge on any atom is -0.442 e. The van der Waals surface area contributed by atoms with Crippen molar-refractivity contribution in [2.24, 2.45) is 0 Å². The molecule has 0 amide bonds. The lowest BCUT2D eigenvalue weighted by molar-refractivity contribution is 0.552. The molecule has 4 rings (SSSR count). The fourth-order valence-corrected chi connectivity index (χ4v) is 3.09. The topological polar surface area (TPSA) is 51.0 Å². The largest absolute Gasteiger partial charge is 0.442 e. The summed E-state index contributed by atoms with van der Waals surface area (Å²) in [5.41, 5.74) is 1.90. The highest BCUT2D eigenvalue weighted by Crippen LogP contribution is 2.23. The van der Waals surface area contributed by atoms with Crippen molar-refractivity contribution in [2.45, 2.75) is 38.1 Å². The van der Waals surface area contributed by atoms with Gasteiger partial charge in [-0.15, -0.1) is 0 Å². The van der Waals surface area contributed by atoms with Crippen molar-refractivity contribution in [3.05, 3.63) is 53.9 Å². The lowest BCUT2D eigenvalue weighted by atomic mass is 10.1. The van der Waals surface area contributed by atoms with Gasteiger partial charge in [0.25, 0.3) is 0 Å². The lowest BCUT2D eigenvalue weighted by Crippen LogP contribution is -2.16. The van der Waals surface area contributed by atoms with Gasteiger partial charge in [0.1, 0.15) is 5.76 Å². The Morgan fingerprint density at radius 1 is 1.14 bits per heavy atom. The Kier molecular flexibility index (Phi) is 3.51. The van der Waals surface area contributed by atoms with Gasteiger partial charge in [-0.25, -0.2) is 4.98 Å². The zero-order valence-electron chi connectivity index (χ0n) is 12.5. The van der Waals surface area contributed by atoms with E-state index in [1.807, 2.05) is 30.5 Å². The Morgan fingerprint density at radius 2 is 1.95 bits per heavy atom. The first-order chi connectivity index (χ1) is 10.9. The van der Waals surface area contributed by atoms with Crippen LogP contribution in [0.2, 0.25) is 0 Å². The molecule has 1 aromatic carbocycles. The van der Waals surface area contributed by atoms with Crippen molar-refractivity contribution < 1.29 is 4.42 Å². The molecule has 22 heavy (non-hydrogen) atoms. The Hall–Kier alpha value is -2.36. The number of hydrogen-bond acceptors (Lipinski definition) is 4. The predicted molar refractivity (Wildman–Crippen MR) is 86.9 cm³/mol. The number of furan rings is 1. The molecule has 0 aliphatic heterocycles. The smallest absolute Gasteiger partial charge is 0.231 e. The minimum absolute atomic E-state index is 0.510. The molecule has 1 aliphatic carbocycles. The maximum Gasteiger partial charge on any atom is 0.231 e. The maximum absolute atomic E-state index is 5.89. The summed E-state index contributed by atoms with van der Waals surface area (Å²) in [5.74, 6) is 1.61. The Morgan fingerprint density at radius 3 is 2.77 bits per heavy atom. The molecule has 4 nitrogen and oxygen atoms in total. The van der Waals surface area contributed by atoms with Crippen LogP contribution >= 0.6 is 0 Å². The van der Waals surface area contributed by atoms with E-state index >= 15 is 0 Å². The summed E-state index contributed by atoms with van der Waals surface area (Å²) >= 11 is 0. The first-order valence-corrected chi connectivity index (χ1v) is 7.93. The van der Waals surface area contributed by atoms with Crippen LogP contribution in [0.25, 0.3) is 11.1 Å². The molecule has 1 fully saturated rings. The van der Waals surface area contributed by atoms with Crippen molar-refractivity contribution >= 4 is 17.0 Å². The fourth-order valence-electron chi connectivity index (χ4n) is 3.09. The number of rotatable bonds is 4. The van der Waals surface area contributed by atoms with Crippen LogP contribution in [0, 0.1) is 0 Å². The number of anilines is 1. The fraction of sp³-hybridized carbons (Fsp3) is 0.333. The van der Waals surface area contributed by atoms with Gasteiger partial charge in [-0.2, -0.15) is 4.98 Å². The SMILES string of the molecule is c1ccc(Cc2cc3cnc(NC4CCCC4)nc3o2)cc1. The predicted octanol–water partition coefficient (Wildman–Crippen LogP) is 4.17. The van der Waals surface area contributed by atoms with Crippen LogP contribution in [0.3, 0.4) is 0 Å². The third kappa shape index (κ3) is 2.82. The van der Waals surface area contributed by atoms with Crippen LogP contribution in [0.5, 0.6) is 0 Å². The molecule has 3 aromatic rings. The molecule has 0 spiro atoms. The molecule has 0 unspecified atom stereocenters. The van der Waals surface area contributed by atoms with Crippen molar-refractivity contribution in [3.63, 3.8) is 0 Å². The second-order valence-electron chi connectivity index (χ2n) is 5.95. The van der Waals surface area contributed by atoms with Crippen molar-refractivity contribution in [1.82, 2.24) is 9.97 Å². The highest BCUT2D eigenvalue weighted by atomic mass is 16.3. The van der Waals surface area contributed by atoms with Gasteiger partial charge >= 0.3 is 0 Å². The van der Waals surface area contributed by atoms with Gasteiger partial charge in [0.2, 0.25) is 11.7 Å². The highest BCUT2D eigenvalue weighted by molar-refractivity contribution is 5.74. The molecule has 0 atom stereocenters. The van der Waals surface area contributed by atoms with Crippen LogP contribution in [0.15, 0.2) is 47.0 Å². The third-order valence-electron chi connectivity index (χ3n) is 4.23. The monoisotopic (exact) mass is 293 g/mol. The normalized spacial score (nSPS) is 15.5. The van der Waals surface area contributed by atoms with Gasteiger partial charge in [-0.05, 0) is 24.5 Å². The third-order valence-corrected chi connectivity index (χ3v) is 4.23. The number of nitrogens with zero attached hydrogens (tertiary/aromatic N) is 2. The van der Waals surface area contributed by atoms with Gasteiger partial charge in [0, 0.05) is 18.7 Å². The van der Waals surface area contributed by atoms with E-state index < -0.39 is 0 Å². The maximum atomic E-state index is 5.89. The number of hydrogen-bond donors (Lipinski definition) is 1. The molecular weight excluding hydrogens is 274 g/mol. The number of aromatic nitrogens is 2. The van der Waals surface area contributed by atoms with E-state index in [9.17, 15) is 0 Å².